The molecule has 0 saturated heterocycles. The summed E-state index contributed by atoms with van der Waals surface area (Å²) < 4.78 is 17.5. The molecule has 0 saturated carbocycles. The number of fused-ring (bicyclic) bond motifs is 2. The Morgan fingerprint density at radius 1 is 1.05 bits per heavy atom. The van der Waals surface area contributed by atoms with Crippen molar-refractivity contribution in [1.29, 1.82) is 0 Å². The van der Waals surface area contributed by atoms with Crippen molar-refractivity contribution >= 4 is 21.6 Å². The number of hydrogen-bond acceptors (Lipinski definition) is 4. The lowest BCUT2D eigenvalue weighted by molar-refractivity contribution is 0.174. The van der Waals surface area contributed by atoms with E-state index in [9.17, 15) is 0 Å². The van der Waals surface area contributed by atoms with Crippen LogP contribution in [-0.4, -0.2) is 13.4 Å². The van der Waals surface area contributed by atoms with E-state index in [1.54, 1.807) is 0 Å². The highest BCUT2D eigenvalue weighted by Crippen LogP contribution is 2.36. The van der Waals surface area contributed by atoms with E-state index < -0.39 is 0 Å². The second-order valence-electron chi connectivity index (χ2n) is 5.07. The van der Waals surface area contributed by atoms with Crippen LogP contribution in [0.2, 0.25) is 0 Å². The molecule has 2 aliphatic heterocycles. The summed E-state index contributed by atoms with van der Waals surface area (Å²) in [5, 5.41) is 3.41. The molecule has 2 heterocycles. The summed E-state index contributed by atoms with van der Waals surface area (Å²) in [5.41, 5.74) is 3.44. The second-order valence-corrected chi connectivity index (χ2v) is 5.99. The number of nitrogens with one attached hydrogen (secondary N) is 1. The van der Waals surface area contributed by atoms with Gasteiger partial charge in [-0.25, -0.2) is 0 Å². The van der Waals surface area contributed by atoms with Gasteiger partial charge in [-0.05, 0) is 29.8 Å². The monoisotopic (exact) mass is 347 g/mol. The van der Waals surface area contributed by atoms with Crippen LogP contribution in [0.5, 0.6) is 17.2 Å². The maximum atomic E-state index is 5.74. The highest BCUT2D eigenvalue weighted by Gasteiger charge is 2.18. The molecule has 2 aliphatic rings. The number of halogens is 1. The molecule has 108 valence electrons. The van der Waals surface area contributed by atoms with Gasteiger partial charge < -0.3 is 19.5 Å². The van der Waals surface area contributed by atoms with Gasteiger partial charge in [0.1, 0.15) is 5.75 Å². The van der Waals surface area contributed by atoms with Gasteiger partial charge in [0.05, 0.1) is 6.61 Å². The van der Waals surface area contributed by atoms with Crippen LogP contribution in [-0.2, 0) is 13.0 Å². The summed E-state index contributed by atoms with van der Waals surface area (Å²) in [7, 11) is 0. The zero-order chi connectivity index (χ0) is 14.2. The summed E-state index contributed by atoms with van der Waals surface area (Å²) in [4.78, 5) is 0. The summed E-state index contributed by atoms with van der Waals surface area (Å²) in [6, 6.07) is 10.1. The van der Waals surface area contributed by atoms with Crippen molar-refractivity contribution in [3.8, 4) is 17.2 Å². The standard InChI is InChI=1S/C16H14BrNO3/c17-12-5-10-3-4-19-16(10)11(6-12)8-18-13-1-2-14-15(7-13)21-9-20-14/h1-2,5-7,18H,3-4,8-9H2. The first-order chi connectivity index (χ1) is 10.3. The highest BCUT2D eigenvalue weighted by atomic mass is 79.9. The Morgan fingerprint density at radius 3 is 2.90 bits per heavy atom. The molecule has 0 spiro atoms. The van der Waals surface area contributed by atoms with E-state index in [1.165, 1.54) is 5.56 Å². The molecule has 0 radical (unpaired) electrons. The van der Waals surface area contributed by atoms with Gasteiger partial charge in [-0.1, -0.05) is 15.9 Å². The minimum Gasteiger partial charge on any atom is -0.493 e. The van der Waals surface area contributed by atoms with Gasteiger partial charge in [0, 0.05) is 34.8 Å². The number of rotatable bonds is 3. The Hall–Kier alpha value is -1.88. The van der Waals surface area contributed by atoms with Crippen molar-refractivity contribution in [3.63, 3.8) is 0 Å². The number of benzene rings is 2. The van der Waals surface area contributed by atoms with Crippen molar-refractivity contribution in [2.45, 2.75) is 13.0 Å². The topological polar surface area (TPSA) is 39.7 Å². The van der Waals surface area contributed by atoms with Gasteiger partial charge >= 0.3 is 0 Å². The van der Waals surface area contributed by atoms with E-state index in [2.05, 4.69) is 33.4 Å². The Labute approximate surface area is 131 Å². The van der Waals surface area contributed by atoms with Crippen LogP contribution < -0.4 is 19.5 Å². The van der Waals surface area contributed by atoms with E-state index in [4.69, 9.17) is 14.2 Å². The molecule has 0 atom stereocenters. The van der Waals surface area contributed by atoms with Crippen molar-refractivity contribution in [1.82, 2.24) is 0 Å². The predicted octanol–water partition coefficient (Wildman–Crippen LogP) is 3.72. The number of hydrogen-bond donors (Lipinski definition) is 1. The zero-order valence-electron chi connectivity index (χ0n) is 11.3. The van der Waals surface area contributed by atoms with E-state index in [0.717, 1.165) is 46.0 Å². The molecule has 4 nitrogen and oxygen atoms in total. The Balaban J connectivity index is 1.55. The molecule has 0 amide bonds. The minimum absolute atomic E-state index is 0.297. The molecule has 2 aromatic rings. The first-order valence-corrected chi connectivity index (χ1v) is 7.66. The van der Waals surface area contributed by atoms with Crippen LogP contribution in [0.25, 0.3) is 0 Å². The van der Waals surface area contributed by atoms with Crippen LogP contribution in [0.1, 0.15) is 11.1 Å². The summed E-state index contributed by atoms with van der Waals surface area (Å²) >= 11 is 3.56. The van der Waals surface area contributed by atoms with Crippen molar-refractivity contribution in [2.24, 2.45) is 0 Å². The largest absolute Gasteiger partial charge is 0.493 e. The molecule has 0 aliphatic carbocycles. The van der Waals surface area contributed by atoms with Crippen LogP contribution in [0.15, 0.2) is 34.8 Å². The van der Waals surface area contributed by atoms with E-state index in [1.807, 2.05) is 18.2 Å². The van der Waals surface area contributed by atoms with Crippen molar-refractivity contribution < 1.29 is 14.2 Å². The molecule has 21 heavy (non-hydrogen) atoms. The molecule has 0 unspecified atom stereocenters. The van der Waals surface area contributed by atoms with Crippen LogP contribution >= 0.6 is 15.9 Å². The molecule has 0 fully saturated rings. The van der Waals surface area contributed by atoms with Crippen molar-refractivity contribution in [3.05, 3.63) is 45.9 Å². The normalized spacial score (nSPS) is 14.7. The van der Waals surface area contributed by atoms with Gasteiger partial charge in [0.2, 0.25) is 6.79 Å². The van der Waals surface area contributed by atoms with Crippen LogP contribution in [0, 0.1) is 0 Å². The van der Waals surface area contributed by atoms with E-state index in [-0.39, 0.29) is 0 Å². The summed E-state index contributed by atoms with van der Waals surface area (Å²) in [5.74, 6) is 2.61. The average molecular weight is 348 g/mol. The quantitative estimate of drug-likeness (QED) is 0.918. The Kier molecular flexibility index (Phi) is 3.15. The molecule has 2 aromatic carbocycles. The first kappa shape index (κ1) is 12.8. The van der Waals surface area contributed by atoms with Crippen molar-refractivity contribution in [2.75, 3.05) is 18.7 Å². The highest BCUT2D eigenvalue weighted by molar-refractivity contribution is 9.10. The van der Waals surface area contributed by atoms with Gasteiger partial charge in [-0.3, -0.25) is 0 Å². The Morgan fingerprint density at radius 2 is 1.95 bits per heavy atom. The summed E-state index contributed by atoms with van der Waals surface area (Å²) in [6.45, 7) is 1.77. The lowest BCUT2D eigenvalue weighted by Gasteiger charge is -2.11. The lowest BCUT2D eigenvalue weighted by atomic mass is 10.1. The molecule has 0 bridgehead atoms. The fourth-order valence-corrected chi connectivity index (χ4v) is 3.23. The van der Waals surface area contributed by atoms with Gasteiger partial charge in [-0.15, -0.1) is 0 Å². The predicted molar refractivity (Wildman–Crippen MR) is 83.2 cm³/mol. The van der Waals surface area contributed by atoms with Gasteiger partial charge in [-0.2, -0.15) is 0 Å². The SMILES string of the molecule is Brc1cc2c(c(CNc3ccc4c(c3)OCO4)c1)OCC2. The second kappa shape index (κ2) is 5.15. The number of anilines is 1. The summed E-state index contributed by atoms with van der Waals surface area (Å²) in [6.07, 6.45) is 0.978. The average Bonchev–Trinajstić information content (AvgIpc) is 3.12. The molecule has 5 heteroatoms. The molecular formula is C16H14BrNO3. The fourth-order valence-electron chi connectivity index (χ4n) is 2.68. The zero-order valence-corrected chi connectivity index (χ0v) is 12.9. The van der Waals surface area contributed by atoms with Crippen LogP contribution in [0.4, 0.5) is 5.69 Å². The van der Waals surface area contributed by atoms with Crippen LogP contribution in [0.3, 0.4) is 0 Å². The smallest absolute Gasteiger partial charge is 0.231 e. The third-order valence-corrected chi connectivity index (χ3v) is 4.14. The van der Waals surface area contributed by atoms with E-state index in [0.29, 0.717) is 13.3 Å². The fraction of sp³-hybridized carbons (Fsp3) is 0.250. The third-order valence-electron chi connectivity index (χ3n) is 3.68. The maximum Gasteiger partial charge on any atom is 0.231 e. The first-order valence-electron chi connectivity index (χ1n) is 6.87. The Bertz CT molecular complexity index is 702. The lowest BCUT2D eigenvalue weighted by Crippen LogP contribution is -2.01. The third kappa shape index (κ3) is 2.42. The van der Waals surface area contributed by atoms with Gasteiger partial charge in [0.25, 0.3) is 0 Å². The molecule has 4 rings (SSSR count). The molecule has 1 N–H and O–H groups in total. The maximum absolute atomic E-state index is 5.74. The molecule has 0 aromatic heterocycles. The number of ether oxygens (including phenoxy) is 3. The minimum atomic E-state index is 0.297. The van der Waals surface area contributed by atoms with E-state index >= 15 is 0 Å². The van der Waals surface area contributed by atoms with Gasteiger partial charge in [0.15, 0.2) is 11.5 Å². The molecular weight excluding hydrogens is 334 g/mol.